The van der Waals surface area contributed by atoms with E-state index in [1.807, 2.05) is 0 Å². The van der Waals surface area contributed by atoms with E-state index in [0.717, 1.165) is 44.9 Å². The molecular weight excluding hydrogens is 572 g/mol. The average Bonchev–Trinajstić information content (AvgIpc) is 3.06. The van der Waals surface area contributed by atoms with E-state index < -0.39 is 6.10 Å². The van der Waals surface area contributed by atoms with Crippen LogP contribution < -0.4 is 0 Å². The SMILES string of the molecule is CCCCCCCCC=CCC=CCC=CCCCC(=O)OC(CO)COC(=O)CCCCCCCC=CCCCCCCCC. The van der Waals surface area contributed by atoms with E-state index in [1.165, 1.54) is 103 Å². The highest BCUT2D eigenvalue weighted by molar-refractivity contribution is 5.70. The number of aliphatic hydroxyl groups is 1. The second kappa shape index (κ2) is 37.3. The normalized spacial score (nSPS) is 12.7. The molecule has 0 fully saturated rings. The minimum absolute atomic E-state index is 0.0907. The zero-order chi connectivity index (χ0) is 33.6. The molecule has 0 heterocycles. The van der Waals surface area contributed by atoms with Crippen LogP contribution in [-0.4, -0.2) is 36.4 Å². The first kappa shape index (κ1) is 43.9. The molecule has 0 amide bonds. The van der Waals surface area contributed by atoms with Crippen LogP contribution in [0, 0.1) is 0 Å². The lowest BCUT2D eigenvalue weighted by Crippen LogP contribution is -2.28. The zero-order valence-electron chi connectivity index (χ0n) is 30.1. The molecule has 0 aliphatic carbocycles. The van der Waals surface area contributed by atoms with Crippen molar-refractivity contribution in [2.45, 2.75) is 187 Å². The number of carbonyl (C=O) groups is 2. The molecule has 0 radical (unpaired) electrons. The summed E-state index contributed by atoms with van der Waals surface area (Å²) in [6.45, 7) is 4.07. The average molecular weight is 645 g/mol. The van der Waals surface area contributed by atoms with Crippen LogP contribution in [0.5, 0.6) is 0 Å². The molecule has 0 aliphatic rings. The Bertz CT molecular complexity index is 782. The number of rotatable bonds is 34. The van der Waals surface area contributed by atoms with Gasteiger partial charge < -0.3 is 14.6 Å². The van der Waals surface area contributed by atoms with Crippen molar-refractivity contribution in [2.24, 2.45) is 0 Å². The highest BCUT2D eigenvalue weighted by atomic mass is 16.6. The fourth-order valence-corrected chi connectivity index (χ4v) is 5.15. The van der Waals surface area contributed by atoms with Gasteiger partial charge in [-0.2, -0.15) is 0 Å². The second-order valence-corrected chi connectivity index (χ2v) is 12.6. The molecule has 0 aromatic rings. The predicted molar refractivity (Wildman–Crippen MR) is 196 cm³/mol. The lowest BCUT2D eigenvalue weighted by Gasteiger charge is -2.15. The Balaban J connectivity index is 3.67. The van der Waals surface area contributed by atoms with Gasteiger partial charge in [0.05, 0.1) is 6.61 Å². The maximum atomic E-state index is 12.1. The fraction of sp³-hybridized carbons (Fsp3) is 0.756. The molecule has 266 valence electrons. The van der Waals surface area contributed by atoms with Gasteiger partial charge in [-0.05, 0) is 70.6 Å². The van der Waals surface area contributed by atoms with Crippen LogP contribution in [0.15, 0.2) is 48.6 Å². The number of esters is 2. The number of hydrogen-bond acceptors (Lipinski definition) is 5. The van der Waals surface area contributed by atoms with Gasteiger partial charge in [0.1, 0.15) is 6.61 Å². The van der Waals surface area contributed by atoms with E-state index >= 15 is 0 Å². The van der Waals surface area contributed by atoms with Crippen molar-refractivity contribution in [2.75, 3.05) is 13.2 Å². The van der Waals surface area contributed by atoms with E-state index in [0.29, 0.717) is 12.8 Å². The van der Waals surface area contributed by atoms with Crippen molar-refractivity contribution < 1.29 is 24.2 Å². The molecule has 1 unspecified atom stereocenters. The van der Waals surface area contributed by atoms with Crippen molar-refractivity contribution >= 4 is 11.9 Å². The number of ether oxygens (including phenoxy) is 2. The van der Waals surface area contributed by atoms with Gasteiger partial charge in [0.25, 0.3) is 0 Å². The molecule has 0 saturated heterocycles. The lowest BCUT2D eigenvalue weighted by molar-refractivity contribution is -0.161. The summed E-state index contributed by atoms with van der Waals surface area (Å²) in [4.78, 5) is 24.2. The minimum Gasteiger partial charge on any atom is -0.462 e. The Morgan fingerprint density at radius 1 is 0.500 bits per heavy atom. The summed E-state index contributed by atoms with van der Waals surface area (Å²) in [6.07, 6.45) is 46.0. The van der Waals surface area contributed by atoms with Gasteiger partial charge in [-0.1, -0.05) is 146 Å². The first-order chi connectivity index (χ1) is 22.6. The summed E-state index contributed by atoms with van der Waals surface area (Å²) >= 11 is 0. The first-order valence-corrected chi connectivity index (χ1v) is 19.2. The topological polar surface area (TPSA) is 72.8 Å². The smallest absolute Gasteiger partial charge is 0.306 e. The van der Waals surface area contributed by atoms with Gasteiger partial charge in [0.2, 0.25) is 0 Å². The third-order valence-corrected chi connectivity index (χ3v) is 8.10. The van der Waals surface area contributed by atoms with E-state index in [-0.39, 0.29) is 31.6 Å². The molecule has 5 heteroatoms. The van der Waals surface area contributed by atoms with Crippen LogP contribution in [0.25, 0.3) is 0 Å². The summed E-state index contributed by atoms with van der Waals surface area (Å²) < 4.78 is 10.5. The van der Waals surface area contributed by atoms with Crippen molar-refractivity contribution in [1.82, 2.24) is 0 Å². The van der Waals surface area contributed by atoms with Crippen molar-refractivity contribution in [3.8, 4) is 0 Å². The van der Waals surface area contributed by atoms with E-state index in [2.05, 4.69) is 62.5 Å². The predicted octanol–water partition coefficient (Wildman–Crippen LogP) is 11.8. The van der Waals surface area contributed by atoms with Gasteiger partial charge in [-0.3, -0.25) is 9.59 Å². The third-order valence-electron chi connectivity index (χ3n) is 8.10. The summed E-state index contributed by atoms with van der Waals surface area (Å²) in [5, 5.41) is 9.53. The molecule has 5 nitrogen and oxygen atoms in total. The molecule has 0 aromatic heterocycles. The van der Waals surface area contributed by atoms with E-state index in [9.17, 15) is 14.7 Å². The Morgan fingerprint density at radius 3 is 1.39 bits per heavy atom. The summed E-state index contributed by atoms with van der Waals surface area (Å²) in [7, 11) is 0. The number of allylic oxidation sites excluding steroid dienone is 8. The third kappa shape index (κ3) is 34.7. The van der Waals surface area contributed by atoms with Crippen LogP contribution in [0.1, 0.15) is 181 Å². The Hall–Kier alpha value is -2.14. The number of hydrogen-bond donors (Lipinski definition) is 1. The number of aliphatic hydroxyl groups excluding tert-OH is 1. The highest BCUT2D eigenvalue weighted by Crippen LogP contribution is 2.11. The van der Waals surface area contributed by atoms with E-state index in [1.54, 1.807) is 0 Å². The number of carbonyl (C=O) groups excluding carboxylic acids is 2. The van der Waals surface area contributed by atoms with Crippen molar-refractivity contribution in [3.63, 3.8) is 0 Å². The molecular formula is C41H72O5. The summed E-state index contributed by atoms with van der Waals surface area (Å²) in [6, 6.07) is 0. The molecule has 0 spiro atoms. The molecule has 46 heavy (non-hydrogen) atoms. The van der Waals surface area contributed by atoms with Gasteiger partial charge in [0, 0.05) is 12.8 Å². The van der Waals surface area contributed by atoms with E-state index in [4.69, 9.17) is 9.47 Å². The highest BCUT2D eigenvalue weighted by Gasteiger charge is 2.15. The van der Waals surface area contributed by atoms with Crippen molar-refractivity contribution in [3.05, 3.63) is 48.6 Å². The van der Waals surface area contributed by atoms with Gasteiger partial charge in [0.15, 0.2) is 6.10 Å². The first-order valence-electron chi connectivity index (χ1n) is 19.2. The summed E-state index contributed by atoms with van der Waals surface area (Å²) in [5.74, 6) is -0.663. The maximum absolute atomic E-state index is 12.1. The van der Waals surface area contributed by atoms with Gasteiger partial charge in [-0.25, -0.2) is 0 Å². The van der Waals surface area contributed by atoms with Crippen LogP contribution >= 0.6 is 0 Å². The molecule has 1 N–H and O–H groups in total. The number of unbranched alkanes of at least 4 members (excludes halogenated alkanes) is 18. The maximum Gasteiger partial charge on any atom is 0.306 e. The lowest BCUT2D eigenvalue weighted by atomic mass is 10.1. The Labute approximate surface area is 284 Å². The second-order valence-electron chi connectivity index (χ2n) is 12.6. The van der Waals surface area contributed by atoms with Crippen LogP contribution in [0.4, 0.5) is 0 Å². The van der Waals surface area contributed by atoms with Crippen LogP contribution in [-0.2, 0) is 19.1 Å². The minimum atomic E-state index is -0.800. The molecule has 0 rings (SSSR count). The van der Waals surface area contributed by atoms with Crippen LogP contribution in [0.3, 0.4) is 0 Å². The largest absolute Gasteiger partial charge is 0.462 e. The molecule has 0 bridgehead atoms. The molecule has 1 atom stereocenters. The quantitative estimate of drug-likeness (QED) is 0.0429. The summed E-state index contributed by atoms with van der Waals surface area (Å²) in [5.41, 5.74) is 0. The fourth-order valence-electron chi connectivity index (χ4n) is 5.15. The standard InChI is InChI=1S/C41H72O5/c1-3-5-7-9-11-13-15-17-19-20-22-24-26-28-30-32-34-36-41(44)46-39(37-42)38-45-40(43)35-33-31-29-27-25-23-21-18-16-14-12-10-8-6-4-2/h17-19,21-22,24,28,30,39,42H,3-16,20,23,25-27,29,31-38H2,1-2H3. The molecule has 0 saturated carbocycles. The molecule has 0 aromatic carbocycles. The monoisotopic (exact) mass is 645 g/mol. The Kier molecular flexibility index (Phi) is 35.6. The molecule has 0 aliphatic heterocycles. The van der Waals surface area contributed by atoms with Gasteiger partial charge >= 0.3 is 11.9 Å². The Morgan fingerprint density at radius 2 is 0.891 bits per heavy atom. The van der Waals surface area contributed by atoms with Crippen LogP contribution in [0.2, 0.25) is 0 Å². The van der Waals surface area contributed by atoms with Crippen molar-refractivity contribution in [1.29, 1.82) is 0 Å². The van der Waals surface area contributed by atoms with Gasteiger partial charge in [-0.15, -0.1) is 0 Å². The zero-order valence-corrected chi connectivity index (χ0v) is 30.1.